The maximum absolute atomic E-state index is 13.2. The fourth-order valence-electron chi connectivity index (χ4n) is 4.91. The van der Waals surface area contributed by atoms with Gasteiger partial charge in [0.2, 0.25) is 0 Å². The summed E-state index contributed by atoms with van der Waals surface area (Å²) in [4.78, 5) is 37.8. The number of phenols is 2. The number of alkyl halides is 1. The second-order valence-electron chi connectivity index (χ2n) is 10.3. The van der Waals surface area contributed by atoms with Crippen molar-refractivity contribution < 1.29 is 64.2 Å². The van der Waals surface area contributed by atoms with Crippen LogP contribution in [0.1, 0.15) is 42.4 Å². The number of halogens is 1. The van der Waals surface area contributed by atoms with Gasteiger partial charge in [-0.15, -0.1) is 0 Å². The number of likely N-dealkylation sites (tertiary alicyclic amines) is 1. The van der Waals surface area contributed by atoms with Crippen molar-refractivity contribution in [2.45, 2.75) is 54.3 Å². The number of ether oxygens (including phenoxy) is 1. The third kappa shape index (κ3) is 8.08. The van der Waals surface area contributed by atoms with Crippen LogP contribution >= 0.6 is 0 Å². The van der Waals surface area contributed by atoms with E-state index in [2.05, 4.69) is 0 Å². The summed E-state index contributed by atoms with van der Waals surface area (Å²) in [6.45, 7) is 2.98. The van der Waals surface area contributed by atoms with Gasteiger partial charge in [-0.2, -0.15) is 0 Å². The van der Waals surface area contributed by atoms with Gasteiger partial charge in [-0.3, -0.25) is 0 Å². The molecule has 1 amide bonds. The van der Waals surface area contributed by atoms with Crippen molar-refractivity contribution in [3.8, 4) is 11.5 Å². The van der Waals surface area contributed by atoms with Crippen LogP contribution in [-0.2, 0) is 17.4 Å². The van der Waals surface area contributed by atoms with E-state index < -0.39 is 61.2 Å². The molecule has 1 aliphatic carbocycles. The van der Waals surface area contributed by atoms with Crippen molar-refractivity contribution in [2.24, 2.45) is 0 Å². The van der Waals surface area contributed by atoms with E-state index in [1.807, 2.05) is 31.2 Å². The third-order valence-corrected chi connectivity index (χ3v) is 9.88. The molecule has 2 aromatic carbocycles. The summed E-state index contributed by atoms with van der Waals surface area (Å²) in [5.41, 5.74) is 0.425. The van der Waals surface area contributed by atoms with Crippen LogP contribution in [0.5, 0.6) is 11.5 Å². The van der Waals surface area contributed by atoms with Crippen LogP contribution < -0.4 is 21.6 Å². The summed E-state index contributed by atoms with van der Waals surface area (Å²) in [5.74, 6) is -2.28. The molecule has 220 valence electrons. The molecule has 2 fully saturated rings. The second kappa shape index (κ2) is 13.5. The molecule has 41 heavy (non-hydrogen) atoms. The van der Waals surface area contributed by atoms with Crippen molar-refractivity contribution in [3.05, 3.63) is 71.3 Å². The number of aromatic hydroxyl groups is 2. The molecule has 11 heteroatoms. The zero-order valence-corrected chi connectivity index (χ0v) is 24.7. The summed E-state index contributed by atoms with van der Waals surface area (Å²) in [7, 11) is 0. The first-order valence-corrected chi connectivity index (χ1v) is 15.4. The SMILES string of the molecule is Cc1cccc(/C=C/C(=O)O[I-]C2C(OC(=[OH+])/C=C/c3ccc(O)c(O)c3)C[C@@](O)(C(=O)N3CCCC3)C[C@H]2O)c1. The van der Waals surface area contributed by atoms with Crippen molar-refractivity contribution in [1.29, 1.82) is 0 Å². The monoisotopic (exact) mass is 679 g/mol. The summed E-state index contributed by atoms with van der Waals surface area (Å²) >= 11 is -1.49. The number of amides is 1. The number of hydrogen-bond acceptors (Lipinski definition) is 8. The Morgan fingerprint density at radius 1 is 1.02 bits per heavy atom. The maximum atomic E-state index is 13.2. The summed E-state index contributed by atoms with van der Waals surface area (Å²) in [5, 5.41) is 41.6. The molecule has 1 saturated heterocycles. The number of aryl methyl sites for hydroxylation is 1. The first-order chi connectivity index (χ1) is 19.5. The molecule has 0 radical (unpaired) electrons. The molecular formula is C30H34INO9. The minimum atomic E-state index is -1.91. The van der Waals surface area contributed by atoms with Gasteiger partial charge >= 0.3 is 249 Å². The first-order valence-electron chi connectivity index (χ1n) is 13.3. The molecule has 0 spiro atoms. The van der Waals surface area contributed by atoms with Crippen molar-refractivity contribution in [3.63, 3.8) is 0 Å². The van der Waals surface area contributed by atoms with Crippen molar-refractivity contribution in [1.82, 2.24) is 4.90 Å². The zero-order valence-electron chi connectivity index (χ0n) is 22.5. The molecular weight excluding hydrogens is 645 g/mol. The average Bonchev–Trinajstić information content (AvgIpc) is 3.47. The Balaban J connectivity index is 1.47. The number of hydrogen-bond donors (Lipinski definition) is 4. The van der Waals surface area contributed by atoms with Gasteiger partial charge in [-0.25, -0.2) is 0 Å². The van der Waals surface area contributed by atoms with Gasteiger partial charge in [-0.1, -0.05) is 0 Å². The third-order valence-electron chi connectivity index (χ3n) is 6.97. The van der Waals surface area contributed by atoms with Crippen LogP contribution in [0.4, 0.5) is 0 Å². The molecule has 4 atom stereocenters. The standard InChI is InChI=1S/C30H33INO9/c1-19-5-4-6-20(15-19)9-12-27(37)41-31-28-24(35)17-30(39,29(38)32-13-2-3-14-32)18-25(28)40-26(36)11-8-21-7-10-22(33)23(34)16-21/h4-12,15-16,24-25,28,33-35,39H,2-3,13-14,17-18H2,1H3/q-1/p+1/b11-8+,12-9+/t24-,25?,28?,30-/m1/s1. The van der Waals surface area contributed by atoms with Gasteiger partial charge in [0.05, 0.1) is 0 Å². The summed E-state index contributed by atoms with van der Waals surface area (Å²) in [6, 6.07) is 11.7. The van der Waals surface area contributed by atoms with Crippen molar-refractivity contribution in [2.75, 3.05) is 13.1 Å². The molecule has 0 aromatic heterocycles. The van der Waals surface area contributed by atoms with Gasteiger partial charge in [0.1, 0.15) is 0 Å². The normalized spacial score (nSPS) is 24.7. The predicted molar refractivity (Wildman–Crippen MR) is 147 cm³/mol. The second-order valence-corrected chi connectivity index (χ2v) is 12.6. The Labute approximate surface area is 248 Å². The number of benzene rings is 2. The van der Waals surface area contributed by atoms with Gasteiger partial charge in [0, 0.05) is 0 Å². The number of esters is 1. The fraction of sp³-hybridized carbons (Fsp3) is 0.367. The molecule has 10 nitrogen and oxygen atoms in total. The molecule has 5 N–H and O–H groups in total. The minimum absolute atomic E-state index is 0.210. The number of phenolic OH excluding ortho intramolecular Hbond substituents is 2. The Kier molecular flexibility index (Phi) is 10.1. The van der Waals surface area contributed by atoms with E-state index in [-0.39, 0.29) is 24.3 Å². The number of nitrogens with zero attached hydrogens (tertiary/aromatic N) is 1. The van der Waals surface area contributed by atoms with Gasteiger partial charge in [-0.05, 0) is 0 Å². The molecule has 2 unspecified atom stereocenters. The Hall–Kier alpha value is -3.42. The van der Waals surface area contributed by atoms with Crippen LogP contribution in [0.2, 0.25) is 0 Å². The average molecular weight is 680 g/mol. The Morgan fingerprint density at radius 3 is 2.44 bits per heavy atom. The molecule has 0 bridgehead atoms. The molecule has 4 rings (SSSR count). The number of carbonyl (C=O) groups excluding carboxylic acids is 3. The molecule has 1 heterocycles. The van der Waals surface area contributed by atoms with Crippen LogP contribution in [0.25, 0.3) is 12.2 Å². The zero-order chi connectivity index (χ0) is 29.6. The number of rotatable bonds is 8. The van der Waals surface area contributed by atoms with E-state index in [0.29, 0.717) is 18.7 Å². The molecule has 2 aromatic rings. The van der Waals surface area contributed by atoms with E-state index in [1.165, 1.54) is 36.4 Å². The summed E-state index contributed by atoms with van der Waals surface area (Å²) in [6.07, 6.45) is 4.51. The van der Waals surface area contributed by atoms with E-state index >= 15 is 0 Å². The van der Waals surface area contributed by atoms with Crippen LogP contribution in [0.15, 0.2) is 54.6 Å². The quantitative estimate of drug-likeness (QED) is 0.0723. The fourth-order valence-corrected chi connectivity index (χ4v) is 6.93. The van der Waals surface area contributed by atoms with Crippen LogP contribution in [-0.4, -0.2) is 82.8 Å². The van der Waals surface area contributed by atoms with E-state index in [0.717, 1.165) is 24.0 Å². The van der Waals surface area contributed by atoms with Gasteiger partial charge in [0.25, 0.3) is 0 Å². The molecule has 1 aliphatic heterocycles. The Bertz CT molecular complexity index is 1340. The number of aliphatic hydroxyl groups is 2. The molecule has 2 aliphatic rings. The Morgan fingerprint density at radius 2 is 1.73 bits per heavy atom. The van der Waals surface area contributed by atoms with Crippen LogP contribution in [0, 0.1) is 6.92 Å². The predicted octanol–water partition coefficient (Wildman–Crippen LogP) is -0.556. The number of aliphatic hydroxyl groups excluding tert-OH is 1. The summed E-state index contributed by atoms with van der Waals surface area (Å²) < 4.78 is 10.5. The number of carbonyl (C=O) groups is 2. The van der Waals surface area contributed by atoms with Gasteiger partial charge < -0.3 is 0 Å². The van der Waals surface area contributed by atoms with E-state index in [1.54, 1.807) is 11.0 Å². The van der Waals surface area contributed by atoms with Crippen molar-refractivity contribution >= 4 is 30.0 Å². The van der Waals surface area contributed by atoms with E-state index in [9.17, 15) is 34.8 Å². The van der Waals surface area contributed by atoms with E-state index in [4.69, 9.17) is 7.80 Å². The first kappa shape index (κ1) is 30.5. The molecule has 1 saturated carbocycles. The topological polar surface area (TPSA) is 158 Å². The van der Waals surface area contributed by atoms with Crippen LogP contribution in [0.3, 0.4) is 0 Å². The van der Waals surface area contributed by atoms with Gasteiger partial charge in [0.15, 0.2) is 0 Å².